The molecule has 4 heteroatoms. The van der Waals surface area contributed by atoms with E-state index in [4.69, 9.17) is 5.26 Å². The van der Waals surface area contributed by atoms with E-state index in [-0.39, 0.29) is 0 Å². The molecule has 0 radical (unpaired) electrons. The number of carbonyl (C=O) groups excluding carboxylic acids is 1. The monoisotopic (exact) mass is 147 g/mol. The second-order valence-electron chi connectivity index (χ2n) is 2.83. The molecule has 0 fully saturated rings. The van der Waals surface area contributed by atoms with Gasteiger partial charge in [-0.3, -0.25) is 9.79 Å². The van der Waals surface area contributed by atoms with Gasteiger partial charge in [0.1, 0.15) is 5.54 Å². The van der Waals surface area contributed by atoms with Crippen LogP contribution in [0.3, 0.4) is 0 Å². The number of rotatable bonds is 2. The molecule has 0 atom stereocenters. The van der Waals surface area contributed by atoms with Gasteiger partial charge in [-0.15, -0.1) is 0 Å². The van der Waals surface area contributed by atoms with Gasteiger partial charge in [-0.2, -0.15) is 5.26 Å². The zero-order chi connectivity index (χ0) is 8.36. The van der Waals surface area contributed by atoms with Crippen molar-refractivity contribution in [3.05, 3.63) is 0 Å². The summed E-state index contributed by atoms with van der Waals surface area (Å²) in [6.45, 7) is 3.32. The van der Waals surface area contributed by atoms with Crippen LogP contribution in [-0.4, -0.2) is 35.8 Å². The van der Waals surface area contributed by atoms with Gasteiger partial charge in [0.05, 0.1) is 0 Å². The molecule has 0 aromatic rings. The average Bonchev–Trinajstić information content (AvgIpc) is 1.86. The number of likely N-dealkylation sites (N-methyl/N-ethyl adjacent to an activating group) is 1. The lowest BCUT2D eigenvalue weighted by molar-refractivity contribution is -0.243. The highest BCUT2D eigenvalue weighted by atomic mass is 17.1. The van der Waals surface area contributed by atoms with Crippen LogP contribution in [0.15, 0.2) is 0 Å². The Morgan fingerprint density at radius 1 is 1.50 bits per heavy atom. The van der Waals surface area contributed by atoms with Crippen molar-refractivity contribution in [2.75, 3.05) is 14.1 Å². The van der Waals surface area contributed by atoms with Crippen molar-refractivity contribution in [1.29, 1.82) is 0 Å². The van der Waals surface area contributed by atoms with Crippen molar-refractivity contribution in [3.8, 4) is 0 Å². The van der Waals surface area contributed by atoms with E-state index in [2.05, 4.69) is 4.89 Å². The SMILES string of the molecule is CN(C)C(C)(C)C(=O)OO. The van der Waals surface area contributed by atoms with Gasteiger partial charge in [0.25, 0.3) is 0 Å². The molecule has 0 unspecified atom stereocenters. The van der Waals surface area contributed by atoms with Crippen molar-refractivity contribution >= 4 is 5.97 Å². The standard InChI is InChI=1S/C6H13NO3/c1-6(2,7(3)4)5(8)10-9/h9H,1-4H3. The summed E-state index contributed by atoms with van der Waals surface area (Å²) in [5.41, 5.74) is -0.769. The van der Waals surface area contributed by atoms with E-state index in [0.717, 1.165) is 0 Å². The van der Waals surface area contributed by atoms with Gasteiger partial charge in [-0.25, -0.2) is 4.79 Å². The molecule has 0 heterocycles. The van der Waals surface area contributed by atoms with Crippen molar-refractivity contribution in [3.63, 3.8) is 0 Å². The Morgan fingerprint density at radius 2 is 1.90 bits per heavy atom. The van der Waals surface area contributed by atoms with Crippen LogP contribution >= 0.6 is 0 Å². The summed E-state index contributed by atoms with van der Waals surface area (Å²) in [6.07, 6.45) is 0. The molecular weight excluding hydrogens is 134 g/mol. The van der Waals surface area contributed by atoms with E-state index in [9.17, 15) is 4.79 Å². The van der Waals surface area contributed by atoms with E-state index in [0.29, 0.717) is 0 Å². The minimum Gasteiger partial charge on any atom is -0.299 e. The van der Waals surface area contributed by atoms with Gasteiger partial charge in [0.2, 0.25) is 0 Å². The first-order chi connectivity index (χ1) is 4.42. The van der Waals surface area contributed by atoms with Crippen molar-refractivity contribution in [1.82, 2.24) is 4.90 Å². The lowest BCUT2D eigenvalue weighted by Gasteiger charge is -2.27. The van der Waals surface area contributed by atoms with Gasteiger partial charge in [0.15, 0.2) is 0 Å². The van der Waals surface area contributed by atoms with Crippen molar-refractivity contribution in [2.24, 2.45) is 0 Å². The second kappa shape index (κ2) is 2.98. The largest absolute Gasteiger partial charge is 0.361 e. The predicted octanol–water partition coefficient (Wildman–Crippen LogP) is 0.343. The molecule has 1 N–H and O–H groups in total. The molecular formula is C6H13NO3. The minimum atomic E-state index is -0.769. The third-order valence-corrected chi connectivity index (χ3v) is 1.70. The van der Waals surface area contributed by atoms with Crippen molar-refractivity contribution in [2.45, 2.75) is 19.4 Å². The third kappa shape index (κ3) is 1.68. The van der Waals surface area contributed by atoms with Gasteiger partial charge in [-0.1, -0.05) is 0 Å². The minimum absolute atomic E-state index is 0.655. The molecule has 0 aliphatic heterocycles. The first-order valence-electron chi connectivity index (χ1n) is 2.96. The van der Waals surface area contributed by atoms with E-state index in [1.807, 2.05) is 0 Å². The first-order valence-corrected chi connectivity index (χ1v) is 2.96. The van der Waals surface area contributed by atoms with Crippen LogP contribution in [0.2, 0.25) is 0 Å². The summed E-state index contributed by atoms with van der Waals surface area (Å²) in [6, 6.07) is 0. The van der Waals surface area contributed by atoms with Crippen LogP contribution in [0.1, 0.15) is 13.8 Å². The maximum absolute atomic E-state index is 10.8. The lowest BCUT2D eigenvalue weighted by atomic mass is 10.1. The van der Waals surface area contributed by atoms with Crippen LogP contribution in [0, 0.1) is 0 Å². The second-order valence-corrected chi connectivity index (χ2v) is 2.83. The third-order valence-electron chi connectivity index (χ3n) is 1.70. The molecule has 0 saturated carbocycles. The zero-order valence-electron chi connectivity index (χ0n) is 6.71. The highest BCUT2D eigenvalue weighted by Crippen LogP contribution is 2.10. The highest BCUT2D eigenvalue weighted by molar-refractivity contribution is 5.79. The lowest BCUT2D eigenvalue weighted by Crippen LogP contribution is -2.46. The summed E-state index contributed by atoms with van der Waals surface area (Å²) in [5, 5.41) is 8.04. The number of hydrogen-bond donors (Lipinski definition) is 1. The van der Waals surface area contributed by atoms with Gasteiger partial charge < -0.3 is 0 Å². The molecule has 60 valence electrons. The summed E-state index contributed by atoms with van der Waals surface area (Å²) in [5.74, 6) is -0.655. The smallest absolute Gasteiger partial charge is 0.299 e. The maximum Gasteiger partial charge on any atom is 0.361 e. The normalized spacial score (nSPS) is 11.8. The summed E-state index contributed by atoms with van der Waals surface area (Å²) >= 11 is 0. The molecule has 0 amide bonds. The molecule has 0 aromatic heterocycles. The molecule has 10 heavy (non-hydrogen) atoms. The van der Waals surface area contributed by atoms with E-state index in [1.165, 1.54) is 0 Å². The highest BCUT2D eigenvalue weighted by Gasteiger charge is 2.31. The fourth-order valence-electron chi connectivity index (χ4n) is 0.294. The van der Waals surface area contributed by atoms with Crippen LogP contribution in [0.25, 0.3) is 0 Å². The molecule has 0 aliphatic rings. The van der Waals surface area contributed by atoms with Crippen LogP contribution in [0.5, 0.6) is 0 Å². The predicted molar refractivity (Wildman–Crippen MR) is 36.5 cm³/mol. The molecule has 0 aromatic carbocycles. The quantitative estimate of drug-likeness (QED) is 0.452. The Kier molecular flexibility index (Phi) is 2.80. The molecule has 0 rings (SSSR count). The fraction of sp³-hybridized carbons (Fsp3) is 0.833. The molecule has 4 nitrogen and oxygen atoms in total. The van der Waals surface area contributed by atoms with Crippen LogP contribution < -0.4 is 0 Å². The van der Waals surface area contributed by atoms with Gasteiger partial charge >= 0.3 is 5.97 Å². The summed E-state index contributed by atoms with van der Waals surface area (Å²) in [4.78, 5) is 16.0. The Balaban J connectivity index is 4.24. The van der Waals surface area contributed by atoms with Crippen molar-refractivity contribution < 1.29 is 14.9 Å². The molecule has 0 aliphatic carbocycles. The summed E-state index contributed by atoms with van der Waals surface area (Å²) in [7, 11) is 3.47. The van der Waals surface area contributed by atoms with E-state index < -0.39 is 11.5 Å². The average molecular weight is 147 g/mol. The maximum atomic E-state index is 10.8. The van der Waals surface area contributed by atoms with Gasteiger partial charge in [-0.05, 0) is 27.9 Å². The number of hydrogen-bond acceptors (Lipinski definition) is 4. The van der Waals surface area contributed by atoms with Crippen LogP contribution in [-0.2, 0) is 9.68 Å². The fourth-order valence-corrected chi connectivity index (χ4v) is 0.294. The van der Waals surface area contributed by atoms with E-state index in [1.54, 1.807) is 32.8 Å². The Labute approximate surface area is 60.3 Å². The Hall–Kier alpha value is -0.610. The van der Waals surface area contributed by atoms with Gasteiger partial charge in [0, 0.05) is 0 Å². The number of nitrogens with zero attached hydrogens (tertiary/aromatic N) is 1. The molecule has 0 spiro atoms. The Bertz CT molecular complexity index is 131. The zero-order valence-corrected chi connectivity index (χ0v) is 6.71. The molecule has 0 saturated heterocycles. The summed E-state index contributed by atoms with van der Waals surface area (Å²) < 4.78 is 0. The molecule has 0 bridgehead atoms. The number of carbonyl (C=O) groups is 1. The van der Waals surface area contributed by atoms with Crippen LogP contribution in [0.4, 0.5) is 0 Å². The Morgan fingerprint density at radius 3 is 2.00 bits per heavy atom. The first kappa shape index (κ1) is 9.39. The van der Waals surface area contributed by atoms with E-state index >= 15 is 0 Å². The topological polar surface area (TPSA) is 49.8 Å².